The van der Waals surface area contributed by atoms with Crippen LogP contribution in [0.15, 0.2) is 54.7 Å². The van der Waals surface area contributed by atoms with Crippen LogP contribution in [-0.4, -0.2) is 10.0 Å². The molecule has 0 spiro atoms. The molecule has 1 aromatic carbocycles. The zero-order chi connectivity index (χ0) is 11.7. The van der Waals surface area contributed by atoms with Crippen LogP contribution in [0.3, 0.4) is 0 Å². The maximum absolute atomic E-state index is 5.59. The third-order valence-electron chi connectivity index (χ3n) is 3.01. The topological polar surface area (TPSA) is 28.4 Å². The number of pyridine rings is 1. The first-order chi connectivity index (χ1) is 8.36. The monoisotopic (exact) mass is 226 g/mol. The SMILES string of the molecule is C[C@H](c1ccccc1)N1O[C@@H]1c1ccccn1. The molecule has 0 amide bonds. The molecule has 0 radical (unpaired) electrons. The first-order valence-electron chi connectivity index (χ1n) is 5.77. The van der Waals surface area contributed by atoms with Gasteiger partial charge in [0.15, 0.2) is 6.23 Å². The lowest BCUT2D eigenvalue weighted by Crippen LogP contribution is -2.06. The Kier molecular flexibility index (Phi) is 2.63. The minimum absolute atomic E-state index is 0.00593. The summed E-state index contributed by atoms with van der Waals surface area (Å²) in [5.41, 5.74) is 2.22. The molecule has 2 aromatic rings. The van der Waals surface area contributed by atoms with Gasteiger partial charge in [-0.15, -0.1) is 5.06 Å². The predicted molar refractivity (Wildman–Crippen MR) is 64.8 cm³/mol. The van der Waals surface area contributed by atoms with Crippen LogP contribution >= 0.6 is 0 Å². The summed E-state index contributed by atoms with van der Waals surface area (Å²) in [5, 5.41) is 1.97. The number of hydrogen-bond donors (Lipinski definition) is 0. The standard InChI is InChI=1S/C14H14N2O/c1-11(12-7-3-2-4-8-12)16-14(17-16)13-9-5-6-10-15-13/h2-11,14H,1H3/t11-,14-,16?/m1/s1. The summed E-state index contributed by atoms with van der Waals surface area (Å²) in [4.78, 5) is 9.89. The first kappa shape index (κ1) is 10.4. The lowest BCUT2D eigenvalue weighted by Gasteiger charge is -2.09. The van der Waals surface area contributed by atoms with Crippen molar-refractivity contribution in [1.29, 1.82) is 0 Å². The summed E-state index contributed by atoms with van der Waals surface area (Å²) in [6.45, 7) is 2.14. The van der Waals surface area contributed by atoms with E-state index in [0.29, 0.717) is 0 Å². The summed E-state index contributed by atoms with van der Waals surface area (Å²) in [6, 6.07) is 16.5. The number of nitrogens with zero attached hydrogens (tertiary/aromatic N) is 2. The van der Waals surface area contributed by atoms with Gasteiger partial charge in [-0.2, -0.15) is 0 Å². The number of hydrogen-bond acceptors (Lipinski definition) is 3. The molecule has 3 nitrogen and oxygen atoms in total. The van der Waals surface area contributed by atoms with Crippen molar-refractivity contribution in [2.24, 2.45) is 0 Å². The molecule has 1 aliphatic heterocycles. The molecule has 3 atom stereocenters. The number of hydroxylamine groups is 2. The van der Waals surface area contributed by atoms with Gasteiger partial charge in [0.1, 0.15) is 0 Å². The van der Waals surface area contributed by atoms with Gasteiger partial charge in [-0.3, -0.25) is 9.82 Å². The van der Waals surface area contributed by atoms with E-state index in [2.05, 4.69) is 24.0 Å². The van der Waals surface area contributed by atoms with Crippen LogP contribution < -0.4 is 0 Å². The fourth-order valence-electron chi connectivity index (χ4n) is 1.97. The third-order valence-corrected chi connectivity index (χ3v) is 3.01. The third kappa shape index (κ3) is 2.07. The summed E-state index contributed by atoms with van der Waals surface area (Å²) in [6.07, 6.45) is 1.80. The van der Waals surface area contributed by atoms with E-state index in [1.165, 1.54) is 5.56 Å². The van der Waals surface area contributed by atoms with Crippen LogP contribution in [0.5, 0.6) is 0 Å². The molecule has 3 rings (SSSR count). The molecule has 0 N–H and O–H groups in total. The number of aromatic nitrogens is 1. The van der Waals surface area contributed by atoms with Gasteiger partial charge >= 0.3 is 0 Å². The van der Waals surface area contributed by atoms with Gasteiger partial charge in [-0.05, 0) is 24.6 Å². The molecule has 17 heavy (non-hydrogen) atoms. The number of rotatable bonds is 3. The van der Waals surface area contributed by atoms with Crippen molar-refractivity contribution in [2.75, 3.05) is 0 Å². The van der Waals surface area contributed by atoms with Crippen LogP contribution in [-0.2, 0) is 4.84 Å². The smallest absolute Gasteiger partial charge is 0.197 e. The molecule has 86 valence electrons. The predicted octanol–water partition coefficient (Wildman–Crippen LogP) is 3.09. The van der Waals surface area contributed by atoms with E-state index in [1.807, 2.05) is 41.5 Å². The molecule has 0 bridgehead atoms. The highest BCUT2D eigenvalue weighted by atomic mass is 16.8. The molecule has 3 heteroatoms. The molecule has 0 saturated carbocycles. The average Bonchev–Trinajstić information content (AvgIpc) is 3.20. The van der Waals surface area contributed by atoms with Gasteiger partial charge in [-0.25, -0.2) is 0 Å². The molecule has 0 aliphatic carbocycles. The molecule has 1 unspecified atom stereocenters. The van der Waals surface area contributed by atoms with Crippen molar-refractivity contribution < 1.29 is 4.84 Å². The van der Waals surface area contributed by atoms with Crippen LogP contribution in [0.1, 0.15) is 30.5 Å². The first-order valence-corrected chi connectivity index (χ1v) is 5.77. The van der Waals surface area contributed by atoms with Gasteiger partial charge in [0.25, 0.3) is 0 Å². The quantitative estimate of drug-likeness (QED) is 0.753. The lowest BCUT2D eigenvalue weighted by molar-refractivity contribution is 0.155. The van der Waals surface area contributed by atoms with Crippen molar-refractivity contribution >= 4 is 0 Å². The van der Waals surface area contributed by atoms with Crippen molar-refractivity contribution in [2.45, 2.75) is 19.2 Å². The zero-order valence-corrected chi connectivity index (χ0v) is 9.65. The average molecular weight is 226 g/mol. The highest BCUT2D eigenvalue weighted by Crippen LogP contribution is 2.43. The van der Waals surface area contributed by atoms with E-state index in [9.17, 15) is 0 Å². The Morgan fingerprint density at radius 1 is 1.12 bits per heavy atom. The maximum atomic E-state index is 5.59. The van der Waals surface area contributed by atoms with Gasteiger partial charge in [-0.1, -0.05) is 36.4 Å². The second-order valence-corrected chi connectivity index (χ2v) is 4.16. The minimum Gasteiger partial charge on any atom is -0.268 e. The molecule has 2 heterocycles. The van der Waals surface area contributed by atoms with E-state index in [-0.39, 0.29) is 12.3 Å². The summed E-state index contributed by atoms with van der Waals surface area (Å²) < 4.78 is 0. The van der Waals surface area contributed by atoms with E-state index >= 15 is 0 Å². The molecule has 1 aliphatic rings. The Morgan fingerprint density at radius 3 is 2.59 bits per heavy atom. The summed E-state index contributed by atoms with van der Waals surface area (Å²) in [7, 11) is 0. The molecule has 1 fully saturated rings. The van der Waals surface area contributed by atoms with Crippen molar-refractivity contribution in [3.63, 3.8) is 0 Å². The minimum atomic E-state index is 0.00593. The Balaban J connectivity index is 1.73. The fourth-order valence-corrected chi connectivity index (χ4v) is 1.97. The van der Waals surface area contributed by atoms with Crippen molar-refractivity contribution in [3.8, 4) is 0 Å². The van der Waals surface area contributed by atoms with E-state index in [4.69, 9.17) is 4.84 Å². The highest BCUT2D eigenvalue weighted by Gasteiger charge is 2.43. The van der Waals surface area contributed by atoms with Crippen molar-refractivity contribution in [1.82, 2.24) is 10.0 Å². The van der Waals surface area contributed by atoms with Gasteiger partial charge in [0.05, 0.1) is 11.7 Å². The van der Waals surface area contributed by atoms with E-state index in [1.54, 1.807) is 6.20 Å². The van der Waals surface area contributed by atoms with Gasteiger partial charge < -0.3 is 0 Å². The largest absolute Gasteiger partial charge is 0.268 e. The van der Waals surface area contributed by atoms with Crippen LogP contribution in [0.4, 0.5) is 0 Å². The highest BCUT2D eigenvalue weighted by molar-refractivity contribution is 5.19. The number of benzene rings is 1. The van der Waals surface area contributed by atoms with E-state index in [0.717, 1.165) is 5.69 Å². The zero-order valence-electron chi connectivity index (χ0n) is 9.65. The molecule has 1 aromatic heterocycles. The normalized spacial score (nSPS) is 24.3. The Morgan fingerprint density at radius 2 is 1.88 bits per heavy atom. The maximum Gasteiger partial charge on any atom is 0.197 e. The lowest BCUT2D eigenvalue weighted by atomic mass is 10.1. The molecular weight excluding hydrogens is 212 g/mol. The Labute approximate surface area is 101 Å². The molecule has 1 saturated heterocycles. The second-order valence-electron chi connectivity index (χ2n) is 4.16. The second kappa shape index (κ2) is 4.28. The van der Waals surface area contributed by atoms with Crippen LogP contribution in [0, 0.1) is 0 Å². The Bertz CT molecular complexity index is 486. The van der Waals surface area contributed by atoms with E-state index < -0.39 is 0 Å². The van der Waals surface area contributed by atoms with Crippen molar-refractivity contribution in [3.05, 3.63) is 66.0 Å². The molecular formula is C14H14N2O. The van der Waals surface area contributed by atoms with Gasteiger partial charge in [0, 0.05) is 6.20 Å². The summed E-state index contributed by atoms with van der Waals surface area (Å²) >= 11 is 0. The van der Waals surface area contributed by atoms with Gasteiger partial charge in [0.2, 0.25) is 0 Å². The van der Waals surface area contributed by atoms with Crippen LogP contribution in [0.2, 0.25) is 0 Å². The fraction of sp³-hybridized carbons (Fsp3) is 0.214. The summed E-state index contributed by atoms with van der Waals surface area (Å²) in [5.74, 6) is 0. The Hall–Kier alpha value is -1.71. The van der Waals surface area contributed by atoms with Crippen LogP contribution in [0.25, 0.3) is 0 Å².